The molecular formula is C36H43N5O4. The Morgan fingerprint density at radius 3 is 2.38 bits per heavy atom. The van der Waals surface area contributed by atoms with Crippen LogP contribution in [0.3, 0.4) is 0 Å². The second kappa shape index (κ2) is 13.6. The van der Waals surface area contributed by atoms with Crippen LogP contribution >= 0.6 is 0 Å². The number of methoxy groups -OCH3 is 1. The van der Waals surface area contributed by atoms with Gasteiger partial charge in [-0.15, -0.1) is 0 Å². The van der Waals surface area contributed by atoms with Crippen molar-refractivity contribution in [2.75, 3.05) is 37.4 Å². The monoisotopic (exact) mass is 609 g/mol. The number of aromatic nitrogens is 1. The lowest BCUT2D eigenvalue weighted by molar-refractivity contribution is -0.133. The van der Waals surface area contributed by atoms with E-state index in [1.807, 2.05) is 71.6 Å². The maximum Gasteiger partial charge on any atom is 0.323 e. The zero-order chi connectivity index (χ0) is 32.1. The number of carbonyl (C=O) groups excluding carboxylic acids is 2. The normalized spacial score (nSPS) is 15.5. The van der Waals surface area contributed by atoms with E-state index in [9.17, 15) is 9.59 Å². The number of piperazine rings is 1. The SMILES string of the molecule is CCC1CN(Cc2cc(Oc3ccc(NC(=O)Nc4cc(C(C)(C)C)ccc4OC)c4ccccc34)ccn2)CCN1C(C)=O. The number of rotatable bonds is 8. The number of nitrogens with zero attached hydrogens (tertiary/aromatic N) is 3. The minimum atomic E-state index is -0.369. The third kappa shape index (κ3) is 7.54. The summed E-state index contributed by atoms with van der Waals surface area (Å²) < 4.78 is 11.9. The lowest BCUT2D eigenvalue weighted by Crippen LogP contribution is -2.54. The summed E-state index contributed by atoms with van der Waals surface area (Å²) >= 11 is 0. The Morgan fingerprint density at radius 1 is 0.933 bits per heavy atom. The molecule has 1 atom stereocenters. The van der Waals surface area contributed by atoms with Gasteiger partial charge >= 0.3 is 6.03 Å². The first-order valence-electron chi connectivity index (χ1n) is 15.5. The summed E-state index contributed by atoms with van der Waals surface area (Å²) in [7, 11) is 1.59. The molecule has 0 spiro atoms. The van der Waals surface area contributed by atoms with E-state index in [0.29, 0.717) is 35.2 Å². The van der Waals surface area contributed by atoms with Crippen molar-refractivity contribution in [3.05, 3.63) is 84.2 Å². The number of ether oxygens (including phenoxy) is 2. The van der Waals surface area contributed by atoms with Gasteiger partial charge in [-0.1, -0.05) is 58.0 Å². The van der Waals surface area contributed by atoms with E-state index in [1.165, 1.54) is 0 Å². The van der Waals surface area contributed by atoms with E-state index in [1.54, 1.807) is 20.2 Å². The molecule has 9 heteroatoms. The standard InChI is InChI=1S/C36H43N5O4/c1-7-27-23-40(18-19-41(27)24(2)42)22-26-21-28(16-17-37-26)45-33-15-13-31(29-10-8-9-11-30(29)33)38-35(43)39-32-20-25(36(3,4)5)12-14-34(32)44-6/h8-17,20-21,27H,7,18-19,22-23H2,1-6H3,(H2,38,39,43). The molecule has 3 amide bonds. The van der Waals surface area contributed by atoms with Crippen LogP contribution in [-0.4, -0.2) is 59.5 Å². The molecule has 1 saturated heterocycles. The van der Waals surface area contributed by atoms with Crippen molar-refractivity contribution in [3.8, 4) is 17.2 Å². The van der Waals surface area contributed by atoms with Crippen LogP contribution in [0.15, 0.2) is 72.9 Å². The van der Waals surface area contributed by atoms with Gasteiger partial charge in [-0.2, -0.15) is 0 Å². The van der Waals surface area contributed by atoms with E-state index < -0.39 is 0 Å². The Morgan fingerprint density at radius 2 is 1.67 bits per heavy atom. The molecule has 1 aliphatic rings. The summed E-state index contributed by atoms with van der Waals surface area (Å²) in [5, 5.41) is 7.68. The molecule has 9 nitrogen and oxygen atoms in total. The maximum absolute atomic E-state index is 13.2. The summed E-state index contributed by atoms with van der Waals surface area (Å²) in [6.07, 6.45) is 2.68. The van der Waals surface area contributed by atoms with Gasteiger partial charge in [0.05, 0.1) is 24.2 Å². The van der Waals surface area contributed by atoms with E-state index in [-0.39, 0.29) is 23.4 Å². The van der Waals surface area contributed by atoms with Crippen LogP contribution in [0.2, 0.25) is 0 Å². The molecule has 45 heavy (non-hydrogen) atoms. The molecule has 1 aliphatic heterocycles. The molecule has 2 heterocycles. The molecule has 0 aliphatic carbocycles. The number of pyridine rings is 1. The minimum absolute atomic E-state index is 0.0787. The van der Waals surface area contributed by atoms with Crippen molar-refractivity contribution in [1.82, 2.24) is 14.8 Å². The average molecular weight is 610 g/mol. The zero-order valence-electron chi connectivity index (χ0n) is 27.0. The number of carbonyl (C=O) groups is 2. The van der Waals surface area contributed by atoms with Crippen molar-refractivity contribution in [2.24, 2.45) is 0 Å². The number of amides is 3. The quantitative estimate of drug-likeness (QED) is 0.216. The van der Waals surface area contributed by atoms with Gasteiger partial charge in [0.2, 0.25) is 5.91 Å². The molecule has 1 fully saturated rings. The van der Waals surface area contributed by atoms with Crippen molar-refractivity contribution in [2.45, 2.75) is 59.0 Å². The van der Waals surface area contributed by atoms with Gasteiger partial charge in [0.15, 0.2) is 0 Å². The molecule has 0 radical (unpaired) electrons. The molecular weight excluding hydrogens is 566 g/mol. The zero-order valence-corrected chi connectivity index (χ0v) is 27.0. The molecule has 3 aromatic carbocycles. The molecule has 0 bridgehead atoms. The first-order valence-corrected chi connectivity index (χ1v) is 15.5. The van der Waals surface area contributed by atoms with Crippen LogP contribution in [0.25, 0.3) is 10.8 Å². The summed E-state index contributed by atoms with van der Waals surface area (Å²) in [6, 6.07) is 21.0. The van der Waals surface area contributed by atoms with E-state index >= 15 is 0 Å². The molecule has 236 valence electrons. The van der Waals surface area contributed by atoms with E-state index in [4.69, 9.17) is 9.47 Å². The first-order chi connectivity index (χ1) is 21.5. The maximum atomic E-state index is 13.2. The minimum Gasteiger partial charge on any atom is -0.495 e. The second-order valence-electron chi connectivity index (χ2n) is 12.5. The highest BCUT2D eigenvalue weighted by Gasteiger charge is 2.27. The van der Waals surface area contributed by atoms with Crippen LogP contribution < -0.4 is 20.1 Å². The number of benzene rings is 3. The van der Waals surface area contributed by atoms with Gasteiger partial charge in [-0.05, 0) is 47.7 Å². The summed E-state index contributed by atoms with van der Waals surface area (Å²) in [5.41, 5.74) is 3.18. The molecule has 1 aromatic heterocycles. The Hall–Kier alpha value is -4.63. The highest BCUT2D eigenvalue weighted by molar-refractivity contribution is 6.08. The molecule has 1 unspecified atom stereocenters. The summed E-state index contributed by atoms with van der Waals surface area (Å²) in [6.45, 7) is 13.2. The fourth-order valence-electron chi connectivity index (χ4n) is 5.81. The Labute approximate surface area is 265 Å². The van der Waals surface area contributed by atoms with Gasteiger partial charge in [0.25, 0.3) is 0 Å². The lowest BCUT2D eigenvalue weighted by atomic mass is 9.87. The largest absolute Gasteiger partial charge is 0.495 e. The van der Waals surface area contributed by atoms with Gasteiger partial charge in [0.1, 0.15) is 17.2 Å². The van der Waals surface area contributed by atoms with Crippen LogP contribution in [0.4, 0.5) is 16.2 Å². The fourth-order valence-corrected chi connectivity index (χ4v) is 5.81. The van der Waals surface area contributed by atoms with Gasteiger partial charge < -0.3 is 25.0 Å². The Kier molecular flexibility index (Phi) is 9.58. The van der Waals surface area contributed by atoms with Gasteiger partial charge in [0, 0.05) is 62.2 Å². The molecule has 2 N–H and O–H groups in total. The second-order valence-corrected chi connectivity index (χ2v) is 12.5. The fraction of sp³-hybridized carbons (Fsp3) is 0.361. The third-order valence-corrected chi connectivity index (χ3v) is 8.29. The van der Waals surface area contributed by atoms with Crippen molar-refractivity contribution >= 4 is 34.1 Å². The third-order valence-electron chi connectivity index (χ3n) is 8.29. The number of anilines is 2. The van der Waals surface area contributed by atoms with E-state index in [0.717, 1.165) is 48.1 Å². The number of hydrogen-bond acceptors (Lipinski definition) is 6. The molecule has 5 rings (SSSR count). The highest BCUT2D eigenvalue weighted by Crippen LogP contribution is 2.35. The lowest BCUT2D eigenvalue weighted by Gasteiger charge is -2.40. The van der Waals surface area contributed by atoms with Crippen LogP contribution in [0.5, 0.6) is 17.2 Å². The number of fused-ring (bicyclic) bond motifs is 1. The average Bonchev–Trinajstić information content (AvgIpc) is 3.01. The predicted molar refractivity (Wildman–Crippen MR) is 179 cm³/mol. The molecule has 4 aromatic rings. The summed E-state index contributed by atoms with van der Waals surface area (Å²) in [5.74, 6) is 2.08. The number of nitrogens with one attached hydrogen (secondary N) is 2. The van der Waals surface area contributed by atoms with Crippen molar-refractivity contribution in [3.63, 3.8) is 0 Å². The first kappa shape index (κ1) is 31.8. The van der Waals surface area contributed by atoms with E-state index in [2.05, 4.69) is 48.2 Å². The van der Waals surface area contributed by atoms with Crippen LogP contribution in [0.1, 0.15) is 52.3 Å². The predicted octanol–water partition coefficient (Wildman–Crippen LogP) is 7.42. The highest BCUT2D eigenvalue weighted by atomic mass is 16.5. The van der Waals surface area contributed by atoms with Crippen LogP contribution in [0, 0.1) is 0 Å². The Bertz CT molecular complexity index is 1680. The van der Waals surface area contributed by atoms with Crippen molar-refractivity contribution in [1.29, 1.82) is 0 Å². The Balaban J connectivity index is 1.31. The number of urea groups is 1. The number of hydrogen-bond donors (Lipinski definition) is 2. The smallest absolute Gasteiger partial charge is 0.323 e. The molecule has 0 saturated carbocycles. The van der Waals surface area contributed by atoms with Gasteiger partial charge in [-0.3, -0.25) is 14.7 Å². The topological polar surface area (TPSA) is 96.0 Å². The van der Waals surface area contributed by atoms with Gasteiger partial charge in [-0.25, -0.2) is 4.79 Å². The summed E-state index contributed by atoms with van der Waals surface area (Å²) in [4.78, 5) is 34.1. The van der Waals surface area contributed by atoms with Crippen molar-refractivity contribution < 1.29 is 19.1 Å². The van der Waals surface area contributed by atoms with Crippen LogP contribution in [-0.2, 0) is 16.8 Å².